The number of rotatable bonds is 3. The molecule has 1 aromatic heterocycles. The number of amides is 1. The first kappa shape index (κ1) is 21.1. The fourth-order valence-corrected chi connectivity index (χ4v) is 4.44. The Morgan fingerprint density at radius 3 is 2.33 bits per heavy atom. The molecular weight excluding hydrogens is 420 g/mol. The van der Waals surface area contributed by atoms with Crippen molar-refractivity contribution in [1.82, 2.24) is 9.88 Å². The van der Waals surface area contributed by atoms with Gasteiger partial charge in [0.25, 0.3) is 5.91 Å². The van der Waals surface area contributed by atoms with Crippen LogP contribution in [0.3, 0.4) is 0 Å². The summed E-state index contributed by atoms with van der Waals surface area (Å²) < 4.78 is 27.6. The number of carbonyl (C=O) groups excluding carboxylic acids is 1. The van der Waals surface area contributed by atoms with E-state index in [9.17, 15) is 13.6 Å². The summed E-state index contributed by atoms with van der Waals surface area (Å²) in [6.07, 6.45) is 0. The number of hydrogen-bond donors (Lipinski definition) is 0. The molecule has 1 aliphatic heterocycles. The lowest BCUT2D eigenvalue weighted by Gasteiger charge is -2.36. The Hall–Kier alpha value is -3.80. The lowest BCUT2D eigenvalue weighted by atomic mass is 9.98. The van der Waals surface area contributed by atoms with Crippen molar-refractivity contribution in [2.75, 3.05) is 31.1 Å². The largest absolute Gasteiger partial charge is 0.366 e. The summed E-state index contributed by atoms with van der Waals surface area (Å²) in [5.74, 6) is -0.607. The van der Waals surface area contributed by atoms with E-state index in [2.05, 4.69) is 0 Å². The van der Waals surface area contributed by atoms with Crippen LogP contribution in [-0.2, 0) is 0 Å². The molecule has 0 unspecified atom stereocenters. The summed E-state index contributed by atoms with van der Waals surface area (Å²) in [6.45, 7) is 4.01. The van der Waals surface area contributed by atoms with Crippen molar-refractivity contribution in [2.45, 2.75) is 6.92 Å². The molecule has 1 aliphatic rings. The van der Waals surface area contributed by atoms with Crippen molar-refractivity contribution in [2.24, 2.45) is 0 Å². The Balaban J connectivity index is 1.45. The summed E-state index contributed by atoms with van der Waals surface area (Å²) in [5.41, 5.74) is 4.33. The van der Waals surface area contributed by atoms with E-state index in [1.54, 1.807) is 24.3 Å². The highest BCUT2D eigenvalue weighted by molar-refractivity contribution is 6.09. The molecule has 5 rings (SSSR count). The average molecular weight is 443 g/mol. The first-order valence-corrected chi connectivity index (χ1v) is 11.0. The second kappa shape index (κ2) is 8.62. The number of carbonyl (C=O) groups is 1. The van der Waals surface area contributed by atoms with E-state index in [1.807, 2.05) is 47.1 Å². The number of benzene rings is 3. The molecule has 1 fully saturated rings. The Morgan fingerprint density at radius 2 is 1.61 bits per heavy atom. The summed E-state index contributed by atoms with van der Waals surface area (Å²) in [7, 11) is 0. The summed E-state index contributed by atoms with van der Waals surface area (Å²) >= 11 is 0. The fraction of sp³-hybridized carbons (Fsp3) is 0.185. The number of piperazine rings is 1. The topological polar surface area (TPSA) is 36.4 Å². The predicted molar refractivity (Wildman–Crippen MR) is 126 cm³/mol. The molecular formula is C27H23F2N3O. The van der Waals surface area contributed by atoms with Gasteiger partial charge in [0, 0.05) is 42.8 Å². The van der Waals surface area contributed by atoms with E-state index < -0.39 is 0 Å². The van der Waals surface area contributed by atoms with Crippen LogP contribution < -0.4 is 4.90 Å². The van der Waals surface area contributed by atoms with Gasteiger partial charge in [0.05, 0.1) is 16.8 Å². The Bertz CT molecular complexity index is 1330. The van der Waals surface area contributed by atoms with Crippen molar-refractivity contribution >= 4 is 22.5 Å². The molecule has 3 aromatic carbocycles. The van der Waals surface area contributed by atoms with E-state index in [0.29, 0.717) is 37.4 Å². The number of halogens is 2. The maximum atomic E-state index is 14.2. The van der Waals surface area contributed by atoms with Crippen molar-refractivity contribution in [1.29, 1.82) is 0 Å². The van der Waals surface area contributed by atoms with Crippen molar-refractivity contribution in [3.8, 4) is 11.1 Å². The van der Waals surface area contributed by atoms with Gasteiger partial charge in [-0.05, 0) is 42.8 Å². The molecule has 4 aromatic rings. The molecule has 0 spiro atoms. The molecule has 0 bridgehead atoms. The molecule has 33 heavy (non-hydrogen) atoms. The standard InChI is InChI=1S/C27H23F2N3O/c1-18-17-23(22-6-4-5-21(26(22)30-18)19-9-11-20(28)12-10-19)27(33)32-15-13-31(14-16-32)25-8-3-2-7-24(25)29/h2-12,17H,13-16H2,1H3. The van der Waals surface area contributed by atoms with E-state index >= 15 is 0 Å². The minimum absolute atomic E-state index is 0.0602. The molecule has 4 nitrogen and oxygen atoms in total. The number of para-hydroxylation sites is 2. The molecule has 6 heteroatoms. The highest BCUT2D eigenvalue weighted by Crippen LogP contribution is 2.31. The zero-order chi connectivity index (χ0) is 22.9. The maximum absolute atomic E-state index is 14.2. The Labute approximate surface area is 191 Å². The van der Waals surface area contributed by atoms with Crippen LogP contribution in [0.25, 0.3) is 22.0 Å². The zero-order valence-corrected chi connectivity index (χ0v) is 18.3. The van der Waals surface area contributed by atoms with Gasteiger partial charge >= 0.3 is 0 Å². The molecule has 1 amide bonds. The minimum Gasteiger partial charge on any atom is -0.366 e. The van der Waals surface area contributed by atoms with E-state index in [1.165, 1.54) is 18.2 Å². The van der Waals surface area contributed by atoms with Crippen LogP contribution in [0.1, 0.15) is 16.1 Å². The molecule has 2 heterocycles. The number of anilines is 1. The van der Waals surface area contributed by atoms with Gasteiger partial charge in [-0.15, -0.1) is 0 Å². The highest BCUT2D eigenvalue weighted by atomic mass is 19.1. The SMILES string of the molecule is Cc1cc(C(=O)N2CCN(c3ccccc3F)CC2)c2cccc(-c3ccc(F)cc3)c2n1. The van der Waals surface area contributed by atoms with Gasteiger partial charge < -0.3 is 9.80 Å². The third kappa shape index (κ3) is 4.04. The van der Waals surface area contributed by atoms with Gasteiger partial charge in [-0.3, -0.25) is 9.78 Å². The first-order valence-electron chi connectivity index (χ1n) is 11.0. The summed E-state index contributed by atoms with van der Waals surface area (Å²) in [6, 6.07) is 20.6. The number of hydrogen-bond acceptors (Lipinski definition) is 3. The van der Waals surface area contributed by atoms with Gasteiger partial charge in [0.1, 0.15) is 11.6 Å². The quantitative estimate of drug-likeness (QED) is 0.422. The van der Waals surface area contributed by atoms with Crippen LogP contribution in [0.15, 0.2) is 72.8 Å². The highest BCUT2D eigenvalue weighted by Gasteiger charge is 2.25. The molecule has 166 valence electrons. The van der Waals surface area contributed by atoms with Crippen molar-refractivity contribution in [3.63, 3.8) is 0 Å². The van der Waals surface area contributed by atoms with E-state index in [4.69, 9.17) is 4.98 Å². The van der Waals surface area contributed by atoms with Gasteiger partial charge in [-0.25, -0.2) is 8.78 Å². The second-order valence-corrected chi connectivity index (χ2v) is 8.25. The number of nitrogens with zero attached hydrogens (tertiary/aromatic N) is 3. The second-order valence-electron chi connectivity index (χ2n) is 8.25. The third-order valence-corrected chi connectivity index (χ3v) is 6.11. The third-order valence-electron chi connectivity index (χ3n) is 6.11. The molecule has 0 saturated carbocycles. The predicted octanol–water partition coefficient (Wildman–Crippen LogP) is 5.45. The number of aryl methyl sites for hydroxylation is 1. The van der Waals surface area contributed by atoms with Gasteiger partial charge in [0.2, 0.25) is 0 Å². The Kier molecular flexibility index (Phi) is 5.50. The molecule has 0 aliphatic carbocycles. The fourth-order valence-electron chi connectivity index (χ4n) is 4.44. The van der Waals surface area contributed by atoms with Crippen LogP contribution in [-0.4, -0.2) is 42.0 Å². The number of fused-ring (bicyclic) bond motifs is 1. The first-order chi connectivity index (χ1) is 16.0. The van der Waals surface area contributed by atoms with Gasteiger partial charge in [-0.2, -0.15) is 0 Å². The smallest absolute Gasteiger partial charge is 0.254 e. The monoisotopic (exact) mass is 443 g/mol. The molecule has 1 saturated heterocycles. The molecule has 0 radical (unpaired) electrons. The van der Waals surface area contributed by atoms with Gasteiger partial charge in [0.15, 0.2) is 0 Å². The van der Waals surface area contributed by atoms with E-state index in [-0.39, 0.29) is 17.5 Å². The lowest BCUT2D eigenvalue weighted by molar-refractivity contribution is 0.0748. The number of aromatic nitrogens is 1. The molecule has 0 atom stereocenters. The van der Waals surface area contributed by atoms with Crippen LogP contribution in [0.2, 0.25) is 0 Å². The van der Waals surface area contributed by atoms with Crippen molar-refractivity contribution in [3.05, 3.63) is 95.7 Å². The lowest BCUT2D eigenvalue weighted by Crippen LogP contribution is -2.49. The van der Waals surface area contributed by atoms with Crippen LogP contribution >= 0.6 is 0 Å². The zero-order valence-electron chi connectivity index (χ0n) is 18.3. The van der Waals surface area contributed by atoms with Crippen LogP contribution in [0.5, 0.6) is 0 Å². The summed E-state index contributed by atoms with van der Waals surface area (Å²) in [4.78, 5) is 22.0. The van der Waals surface area contributed by atoms with Gasteiger partial charge in [-0.1, -0.05) is 42.5 Å². The van der Waals surface area contributed by atoms with Crippen LogP contribution in [0, 0.1) is 18.6 Å². The average Bonchev–Trinajstić information content (AvgIpc) is 2.84. The van der Waals surface area contributed by atoms with Crippen LogP contribution in [0.4, 0.5) is 14.5 Å². The number of pyridine rings is 1. The van der Waals surface area contributed by atoms with E-state index in [0.717, 1.165) is 27.7 Å². The molecule has 0 N–H and O–H groups in total. The normalized spacial score (nSPS) is 14.0. The Morgan fingerprint density at radius 1 is 0.879 bits per heavy atom. The summed E-state index contributed by atoms with van der Waals surface area (Å²) in [5, 5.41) is 0.768. The van der Waals surface area contributed by atoms with Crippen molar-refractivity contribution < 1.29 is 13.6 Å². The minimum atomic E-state index is -0.298. The maximum Gasteiger partial charge on any atom is 0.254 e.